The van der Waals surface area contributed by atoms with E-state index in [1.54, 1.807) is 60.8 Å². The van der Waals surface area contributed by atoms with E-state index in [4.69, 9.17) is 16.6 Å². The average Bonchev–Trinajstić information content (AvgIpc) is 2.99. The molecule has 0 aliphatic carbocycles. The number of carbonyl (C=O) groups is 4. The van der Waals surface area contributed by atoms with E-state index in [0.717, 1.165) is 5.69 Å². The Labute approximate surface area is 251 Å². The number of amides is 2. The zero-order valence-corrected chi connectivity index (χ0v) is 23.7. The van der Waals surface area contributed by atoms with Crippen molar-refractivity contribution in [1.29, 1.82) is 0 Å². The molecule has 2 amide bonds. The Morgan fingerprint density at radius 3 is 2.27 bits per heavy atom. The molecule has 2 heterocycles. The molecule has 0 saturated carbocycles. The van der Waals surface area contributed by atoms with Gasteiger partial charge in [-0.05, 0) is 36.2 Å². The quantitative estimate of drug-likeness (QED) is 0.125. The zero-order valence-electron chi connectivity index (χ0n) is 23.7. The number of aromatic nitrogens is 4. The standard InChI is InChI=1S/C29H31N9O6/c1-38(15-18-14-32-25-23(33-18)24(30)36-29(31)37-25)19-9-7-17(8-10-19)26(41)34-20(11-12-22(39)40)27(42)35-21(28(43)44)13-16-5-3-2-4-6-16/h2-10,14,20-21H,11-13,15H2,1H3,(H,34,41)(H,35,42)(H,39,40)(H,43,44)(H4,30,31,32,36,37)/t20?,21-/m0/s1. The van der Waals surface area contributed by atoms with Gasteiger partial charge in [0.15, 0.2) is 17.0 Å². The molecule has 15 heteroatoms. The van der Waals surface area contributed by atoms with Crippen molar-refractivity contribution in [2.24, 2.45) is 0 Å². The highest BCUT2D eigenvalue weighted by atomic mass is 16.4. The Balaban J connectivity index is 1.42. The second kappa shape index (κ2) is 13.9. The Hall–Kier alpha value is -5.86. The van der Waals surface area contributed by atoms with Crippen LogP contribution in [0.1, 0.15) is 34.5 Å². The van der Waals surface area contributed by atoms with E-state index in [2.05, 4.69) is 30.6 Å². The van der Waals surface area contributed by atoms with E-state index >= 15 is 0 Å². The maximum absolute atomic E-state index is 13.0. The number of nitrogens with zero attached hydrogens (tertiary/aromatic N) is 5. The number of carbonyl (C=O) groups excluding carboxylic acids is 2. The van der Waals surface area contributed by atoms with Gasteiger partial charge in [-0.1, -0.05) is 30.3 Å². The molecular formula is C29H31N9O6. The van der Waals surface area contributed by atoms with Crippen LogP contribution in [0.5, 0.6) is 0 Å². The number of aliphatic carboxylic acids is 2. The first-order chi connectivity index (χ1) is 21.0. The zero-order chi connectivity index (χ0) is 31.8. The van der Waals surface area contributed by atoms with E-state index in [1.165, 1.54) is 0 Å². The summed E-state index contributed by atoms with van der Waals surface area (Å²) in [5.74, 6) is -3.75. The minimum Gasteiger partial charge on any atom is -0.481 e. The molecule has 0 saturated heterocycles. The monoisotopic (exact) mass is 601 g/mol. The van der Waals surface area contributed by atoms with Crippen LogP contribution in [0.15, 0.2) is 60.8 Å². The fourth-order valence-corrected chi connectivity index (χ4v) is 4.36. The molecule has 0 fully saturated rings. The Bertz CT molecular complexity index is 1670. The van der Waals surface area contributed by atoms with Crippen molar-refractivity contribution < 1.29 is 29.4 Å². The highest BCUT2D eigenvalue weighted by Gasteiger charge is 2.27. The summed E-state index contributed by atoms with van der Waals surface area (Å²) in [5, 5.41) is 23.8. The predicted octanol–water partition coefficient (Wildman–Crippen LogP) is 0.996. The van der Waals surface area contributed by atoms with Gasteiger partial charge in [0.25, 0.3) is 5.91 Å². The average molecular weight is 602 g/mol. The van der Waals surface area contributed by atoms with Crippen molar-refractivity contribution in [1.82, 2.24) is 30.6 Å². The van der Waals surface area contributed by atoms with Crippen LogP contribution in [-0.4, -0.2) is 73.0 Å². The minimum absolute atomic E-state index is 0.000329. The molecule has 8 N–H and O–H groups in total. The van der Waals surface area contributed by atoms with Crippen molar-refractivity contribution in [2.45, 2.75) is 37.9 Å². The molecule has 0 radical (unpaired) electrons. The summed E-state index contributed by atoms with van der Waals surface area (Å²) in [4.78, 5) is 67.6. The number of nitrogens with one attached hydrogen (secondary N) is 2. The van der Waals surface area contributed by atoms with Gasteiger partial charge < -0.3 is 37.2 Å². The molecule has 2 atom stereocenters. The number of anilines is 3. The molecular weight excluding hydrogens is 570 g/mol. The van der Waals surface area contributed by atoms with Crippen LogP contribution < -0.4 is 27.0 Å². The summed E-state index contributed by atoms with van der Waals surface area (Å²) < 4.78 is 0. The molecule has 4 rings (SSSR count). The molecule has 0 aliphatic rings. The van der Waals surface area contributed by atoms with Gasteiger partial charge in [-0.3, -0.25) is 14.4 Å². The molecule has 0 bridgehead atoms. The first kappa shape index (κ1) is 31.1. The second-order valence-electron chi connectivity index (χ2n) is 9.95. The van der Waals surface area contributed by atoms with Gasteiger partial charge >= 0.3 is 11.9 Å². The largest absolute Gasteiger partial charge is 0.481 e. The van der Waals surface area contributed by atoms with E-state index < -0.39 is 42.3 Å². The summed E-state index contributed by atoms with van der Waals surface area (Å²) in [6, 6.07) is 12.6. The highest BCUT2D eigenvalue weighted by Crippen LogP contribution is 2.19. The highest BCUT2D eigenvalue weighted by molar-refractivity contribution is 5.98. The minimum atomic E-state index is -1.28. The van der Waals surface area contributed by atoms with Gasteiger partial charge in [0.05, 0.1) is 18.4 Å². The Morgan fingerprint density at radius 1 is 0.909 bits per heavy atom. The number of carboxylic acids is 2. The first-order valence-electron chi connectivity index (χ1n) is 13.5. The van der Waals surface area contributed by atoms with Crippen LogP contribution >= 0.6 is 0 Å². The topological polar surface area (TPSA) is 240 Å². The van der Waals surface area contributed by atoms with Crippen LogP contribution in [0.4, 0.5) is 17.5 Å². The van der Waals surface area contributed by atoms with Gasteiger partial charge in [-0.15, -0.1) is 0 Å². The fourth-order valence-electron chi connectivity index (χ4n) is 4.36. The number of nitrogens with two attached hydrogens (primary N) is 2. The van der Waals surface area contributed by atoms with Crippen LogP contribution in [0.3, 0.4) is 0 Å². The summed E-state index contributed by atoms with van der Waals surface area (Å²) in [6.07, 6.45) is 0.905. The number of carboxylic acid groups (broad SMARTS) is 2. The smallest absolute Gasteiger partial charge is 0.326 e. The maximum atomic E-state index is 13.0. The lowest BCUT2D eigenvalue weighted by Crippen LogP contribution is -2.52. The number of rotatable bonds is 13. The van der Waals surface area contributed by atoms with Crippen molar-refractivity contribution in [2.75, 3.05) is 23.4 Å². The van der Waals surface area contributed by atoms with Crippen molar-refractivity contribution in [3.8, 4) is 0 Å². The van der Waals surface area contributed by atoms with Gasteiger partial charge in [0.2, 0.25) is 11.9 Å². The second-order valence-corrected chi connectivity index (χ2v) is 9.95. The number of fused-ring (bicyclic) bond motifs is 1. The maximum Gasteiger partial charge on any atom is 0.326 e. The summed E-state index contributed by atoms with van der Waals surface area (Å²) in [7, 11) is 1.81. The van der Waals surface area contributed by atoms with Crippen LogP contribution in [0, 0.1) is 0 Å². The molecule has 44 heavy (non-hydrogen) atoms. The molecule has 4 aromatic rings. The molecule has 15 nitrogen and oxygen atoms in total. The number of nitrogen functional groups attached to an aromatic ring is 2. The van der Waals surface area contributed by atoms with Crippen LogP contribution in [0.2, 0.25) is 0 Å². The van der Waals surface area contributed by atoms with Crippen LogP contribution in [0.25, 0.3) is 11.2 Å². The molecule has 0 spiro atoms. The Morgan fingerprint density at radius 2 is 1.61 bits per heavy atom. The summed E-state index contributed by atoms with van der Waals surface area (Å²) in [5.41, 5.74) is 14.3. The molecule has 0 aliphatic heterocycles. The van der Waals surface area contributed by atoms with E-state index in [-0.39, 0.29) is 35.8 Å². The van der Waals surface area contributed by atoms with Crippen molar-refractivity contribution >= 4 is 52.4 Å². The van der Waals surface area contributed by atoms with Crippen LogP contribution in [-0.2, 0) is 27.3 Å². The molecule has 2 aromatic heterocycles. The number of benzene rings is 2. The third-order valence-corrected chi connectivity index (χ3v) is 6.64. The lowest BCUT2D eigenvalue weighted by molar-refractivity contribution is -0.142. The fraction of sp³-hybridized carbons (Fsp3) is 0.241. The molecule has 228 valence electrons. The number of hydrogen-bond donors (Lipinski definition) is 6. The van der Waals surface area contributed by atoms with Crippen molar-refractivity contribution in [3.63, 3.8) is 0 Å². The summed E-state index contributed by atoms with van der Waals surface area (Å²) >= 11 is 0. The third kappa shape index (κ3) is 8.12. The predicted molar refractivity (Wildman–Crippen MR) is 160 cm³/mol. The Kier molecular flexibility index (Phi) is 9.80. The normalized spacial score (nSPS) is 12.2. The third-order valence-electron chi connectivity index (χ3n) is 6.64. The lowest BCUT2D eigenvalue weighted by Gasteiger charge is -2.22. The SMILES string of the molecule is CN(Cc1cnc2nc(N)nc(N)c2n1)c1ccc(C(=O)NC(CCC(=O)O)C(=O)N[C@@H](Cc2ccccc2)C(=O)O)cc1. The van der Waals surface area contributed by atoms with Gasteiger partial charge in [-0.2, -0.15) is 9.97 Å². The van der Waals surface area contributed by atoms with E-state index in [0.29, 0.717) is 23.3 Å². The van der Waals surface area contributed by atoms with E-state index in [9.17, 15) is 24.3 Å². The lowest BCUT2D eigenvalue weighted by atomic mass is 10.0. The molecule has 1 unspecified atom stereocenters. The van der Waals surface area contributed by atoms with Gasteiger partial charge in [-0.25, -0.2) is 14.8 Å². The van der Waals surface area contributed by atoms with Gasteiger partial charge in [0.1, 0.15) is 12.1 Å². The van der Waals surface area contributed by atoms with Crippen molar-refractivity contribution in [3.05, 3.63) is 77.6 Å². The summed E-state index contributed by atoms with van der Waals surface area (Å²) in [6.45, 7) is 0.337. The van der Waals surface area contributed by atoms with Gasteiger partial charge in [0, 0.05) is 31.1 Å². The number of hydrogen-bond acceptors (Lipinski definition) is 11. The molecule has 2 aromatic carbocycles. The van der Waals surface area contributed by atoms with E-state index in [1.807, 2.05) is 11.9 Å². The first-order valence-corrected chi connectivity index (χ1v) is 13.5.